The lowest BCUT2D eigenvalue weighted by Crippen LogP contribution is -2.29. The van der Waals surface area contributed by atoms with Crippen molar-refractivity contribution in [3.8, 4) is 12.1 Å². The van der Waals surface area contributed by atoms with Crippen LogP contribution in [0.5, 0.6) is 0 Å². The summed E-state index contributed by atoms with van der Waals surface area (Å²) in [6.45, 7) is 8.27. The van der Waals surface area contributed by atoms with E-state index in [9.17, 15) is 15.3 Å². The fourth-order valence-corrected chi connectivity index (χ4v) is 6.22. The van der Waals surface area contributed by atoms with Gasteiger partial charge in [-0.2, -0.15) is 10.5 Å². The van der Waals surface area contributed by atoms with Crippen LogP contribution < -0.4 is 5.32 Å². The van der Waals surface area contributed by atoms with Gasteiger partial charge in [0, 0.05) is 30.2 Å². The van der Waals surface area contributed by atoms with Crippen LogP contribution in [-0.4, -0.2) is 28.1 Å². The summed E-state index contributed by atoms with van der Waals surface area (Å²) in [5.74, 6) is -0.0835. The Kier molecular flexibility index (Phi) is 7.33. The number of rotatable bonds is 6. The van der Waals surface area contributed by atoms with Crippen LogP contribution in [0.2, 0.25) is 0 Å². The number of fused-ring (bicyclic) bond motifs is 1. The maximum Gasteiger partial charge on any atom is 0.235 e. The number of anilines is 1. The van der Waals surface area contributed by atoms with Gasteiger partial charge in [0.05, 0.1) is 16.9 Å². The third kappa shape index (κ3) is 5.00. The second-order valence-electron chi connectivity index (χ2n) is 8.34. The SMILES string of the molecule is Cc1nc(SCC(=O)Nc2sc3c(c2C#N)CCN(Cc2ccccc2)C3)c(C#N)c(C)c1C. The van der Waals surface area contributed by atoms with Crippen LogP contribution in [-0.2, 0) is 24.3 Å². The van der Waals surface area contributed by atoms with Crippen LogP contribution in [0.15, 0.2) is 35.4 Å². The van der Waals surface area contributed by atoms with Crippen LogP contribution >= 0.6 is 23.1 Å². The number of nitriles is 2. The third-order valence-corrected chi connectivity index (χ3v) is 8.27. The van der Waals surface area contributed by atoms with E-state index in [1.54, 1.807) is 0 Å². The molecule has 3 aromatic rings. The number of nitrogens with one attached hydrogen (secondary N) is 1. The first-order valence-electron chi connectivity index (χ1n) is 11.0. The number of aromatic nitrogens is 1. The fourth-order valence-electron chi connectivity index (χ4n) is 4.08. The van der Waals surface area contributed by atoms with Gasteiger partial charge in [0.1, 0.15) is 22.2 Å². The van der Waals surface area contributed by atoms with E-state index in [2.05, 4.69) is 39.5 Å². The highest BCUT2D eigenvalue weighted by Crippen LogP contribution is 2.37. The monoisotopic (exact) mass is 487 g/mol. The molecule has 34 heavy (non-hydrogen) atoms. The van der Waals surface area contributed by atoms with Crippen molar-refractivity contribution >= 4 is 34.0 Å². The Balaban J connectivity index is 1.45. The quantitative estimate of drug-likeness (QED) is 0.486. The van der Waals surface area contributed by atoms with Crippen molar-refractivity contribution < 1.29 is 4.79 Å². The molecule has 1 aliphatic rings. The highest BCUT2D eigenvalue weighted by atomic mass is 32.2. The van der Waals surface area contributed by atoms with Crippen molar-refractivity contribution in [3.05, 3.63) is 74.3 Å². The summed E-state index contributed by atoms with van der Waals surface area (Å²) < 4.78 is 0. The van der Waals surface area contributed by atoms with Crippen LogP contribution in [0, 0.1) is 43.4 Å². The summed E-state index contributed by atoms with van der Waals surface area (Å²) in [5.41, 5.74) is 6.17. The van der Waals surface area contributed by atoms with Gasteiger partial charge in [-0.05, 0) is 49.4 Å². The minimum absolute atomic E-state index is 0.122. The molecule has 2 aromatic heterocycles. The molecule has 3 heterocycles. The second-order valence-corrected chi connectivity index (χ2v) is 10.4. The Hall–Kier alpha value is -3.17. The number of nitrogens with zero attached hydrogens (tertiary/aromatic N) is 4. The molecule has 8 heteroatoms. The lowest BCUT2D eigenvalue weighted by Gasteiger charge is -2.26. The van der Waals surface area contributed by atoms with Gasteiger partial charge in [0.2, 0.25) is 5.91 Å². The van der Waals surface area contributed by atoms with Gasteiger partial charge in [-0.15, -0.1) is 11.3 Å². The van der Waals surface area contributed by atoms with E-state index in [0.717, 1.165) is 53.3 Å². The molecule has 172 valence electrons. The van der Waals surface area contributed by atoms with Crippen molar-refractivity contribution in [1.29, 1.82) is 10.5 Å². The van der Waals surface area contributed by atoms with Crippen molar-refractivity contribution in [3.63, 3.8) is 0 Å². The first-order valence-corrected chi connectivity index (χ1v) is 12.8. The zero-order valence-electron chi connectivity index (χ0n) is 19.4. The van der Waals surface area contributed by atoms with Gasteiger partial charge < -0.3 is 5.32 Å². The summed E-state index contributed by atoms with van der Waals surface area (Å²) >= 11 is 2.75. The number of thioether (sulfide) groups is 1. The topological polar surface area (TPSA) is 92.8 Å². The Morgan fingerprint density at radius 1 is 1.15 bits per heavy atom. The smallest absolute Gasteiger partial charge is 0.235 e. The van der Waals surface area contributed by atoms with Crippen LogP contribution in [0.25, 0.3) is 0 Å². The Morgan fingerprint density at radius 3 is 2.59 bits per heavy atom. The largest absolute Gasteiger partial charge is 0.316 e. The zero-order valence-corrected chi connectivity index (χ0v) is 21.1. The van der Waals surface area contributed by atoms with Crippen molar-refractivity contribution in [2.75, 3.05) is 17.6 Å². The molecule has 1 aliphatic heterocycles. The molecule has 0 aliphatic carbocycles. The summed E-state index contributed by atoms with van der Waals surface area (Å²) in [6, 6.07) is 14.9. The van der Waals surface area contributed by atoms with Crippen molar-refractivity contribution in [2.45, 2.75) is 45.3 Å². The van der Waals surface area contributed by atoms with E-state index in [-0.39, 0.29) is 11.7 Å². The van der Waals surface area contributed by atoms with Gasteiger partial charge in [-0.1, -0.05) is 42.1 Å². The number of amides is 1. The number of benzene rings is 1. The number of hydrogen-bond acceptors (Lipinski definition) is 7. The van der Waals surface area contributed by atoms with E-state index < -0.39 is 0 Å². The molecule has 0 saturated carbocycles. The van der Waals surface area contributed by atoms with Crippen LogP contribution in [0.4, 0.5) is 5.00 Å². The lowest BCUT2D eigenvalue weighted by molar-refractivity contribution is -0.113. The van der Waals surface area contributed by atoms with Crippen molar-refractivity contribution in [2.24, 2.45) is 0 Å². The average molecular weight is 488 g/mol. The second kappa shape index (κ2) is 10.4. The normalized spacial score (nSPS) is 13.1. The highest BCUT2D eigenvalue weighted by molar-refractivity contribution is 8.00. The first kappa shape index (κ1) is 24.0. The summed E-state index contributed by atoms with van der Waals surface area (Å²) in [7, 11) is 0. The molecule has 0 spiro atoms. The predicted molar refractivity (Wildman–Crippen MR) is 136 cm³/mol. The number of pyridine rings is 1. The van der Waals surface area contributed by atoms with Gasteiger partial charge in [-0.25, -0.2) is 4.98 Å². The Bertz CT molecular complexity index is 1320. The van der Waals surface area contributed by atoms with Gasteiger partial charge in [0.25, 0.3) is 0 Å². The van der Waals surface area contributed by atoms with E-state index in [4.69, 9.17) is 0 Å². The molecule has 1 aromatic carbocycles. The van der Waals surface area contributed by atoms with Gasteiger partial charge >= 0.3 is 0 Å². The molecule has 0 atom stereocenters. The van der Waals surface area contributed by atoms with Crippen LogP contribution in [0.3, 0.4) is 0 Å². The minimum Gasteiger partial charge on any atom is -0.316 e. The average Bonchev–Trinajstić information content (AvgIpc) is 3.17. The molecule has 6 nitrogen and oxygen atoms in total. The number of hydrogen-bond donors (Lipinski definition) is 1. The van der Waals surface area contributed by atoms with Crippen molar-refractivity contribution in [1.82, 2.24) is 9.88 Å². The molecule has 4 rings (SSSR count). The Morgan fingerprint density at radius 2 is 1.88 bits per heavy atom. The molecular formula is C26H25N5OS2. The number of aryl methyl sites for hydroxylation is 1. The summed E-state index contributed by atoms with van der Waals surface area (Å²) in [5, 5.41) is 23.5. The molecule has 1 N–H and O–H groups in total. The summed E-state index contributed by atoms with van der Waals surface area (Å²) in [6.07, 6.45) is 0.795. The van der Waals surface area contributed by atoms with Gasteiger partial charge in [-0.3, -0.25) is 9.69 Å². The third-order valence-electron chi connectivity index (χ3n) is 6.16. The van der Waals surface area contributed by atoms with E-state index in [1.165, 1.54) is 28.7 Å². The predicted octanol–water partition coefficient (Wildman–Crippen LogP) is 5.10. The molecule has 0 radical (unpaired) electrons. The number of carbonyl (C=O) groups is 1. The molecular weight excluding hydrogens is 462 g/mol. The fraction of sp³-hybridized carbons (Fsp3) is 0.308. The van der Waals surface area contributed by atoms with Gasteiger partial charge in [0.15, 0.2) is 0 Å². The Labute approximate surface area is 208 Å². The molecule has 0 bridgehead atoms. The lowest BCUT2D eigenvalue weighted by atomic mass is 10.0. The standard InChI is InChI=1S/C26H25N5OS2/c1-16-17(2)21(11-27)25(29-18(16)3)33-15-24(32)30-26-22(12-28)20-9-10-31(14-23(20)34-26)13-19-7-5-4-6-8-19/h4-8H,9-10,13-15H2,1-3H3,(H,30,32). The highest BCUT2D eigenvalue weighted by Gasteiger charge is 2.25. The maximum atomic E-state index is 12.8. The number of carbonyl (C=O) groups excluding carboxylic acids is 1. The first-order chi connectivity index (χ1) is 16.4. The zero-order chi connectivity index (χ0) is 24.2. The molecule has 1 amide bonds. The molecule has 0 saturated heterocycles. The minimum atomic E-state index is -0.206. The van der Waals surface area contributed by atoms with E-state index >= 15 is 0 Å². The summed E-state index contributed by atoms with van der Waals surface area (Å²) in [4.78, 5) is 20.8. The molecule has 0 fully saturated rings. The molecule has 0 unspecified atom stereocenters. The van der Waals surface area contributed by atoms with E-state index in [0.29, 0.717) is 21.2 Å². The van der Waals surface area contributed by atoms with Crippen LogP contribution in [0.1, 0.15) is 44.0 Å². The van der Waals surface area contributed by atoms with E-state index in [1.807, 2.05) is 39.0 Å². The maximum absolute atomic E-state index is 12.8. The number of thiophene rings is 1.